The second-order valence-electron chi connectivity index (χ2n) is 4.33. The first kappa shape index (κ1) is 15.0. The first-order valence-electron chi connectivity index (χ1n) is 6.57. The third-order valence-corrected chi connectivity index (χ3v) is 3.94. The van der Waals surface area contributed by atoms with Crippen LogP contribution >= 0.6 is 11.3 Å². The molecule has 20 heavy (non-hydrogen) atoms. The number of carbonyl (C=O) groups excluding carboxylic acids is 1. The number of aliphatic hydroxyl groups excluding tert-OH is 1. The summed E-state index contributed by atoms with van der Waals surface area (Å²) >= 11 is 1.34. The molecule has 2 rings (SSSR count). The molecule has 2 N–H and O–H groups in total. The fraction of sp³-hybridized carbons (Fsp3) is 0.500. The van der Waals surface area contributed by atoms with Crippen LogP contribution < -0.4 is 5.32 Å². The van der Waals surface area contributed by atoms with Gasteiger partial charge >= 0.3 is 0 Å². The molecular weight excluding hydrogens is 276 g/mol. The first-order chi connectivity index (χ1) is 9.79. The third-order valence-electron chi connectivity index (χ3n) is 2.94. The summed E-state index contributed by atoms with van der Waals surface area (Å²) in [6.45, 7) is 4.70. The monoisotopic (exact) mass is 294 g/mol. The quantitative estimate of drug-likeness (QED) is 0.776. The molecule has 2 heterocycles. The molecule has 0 atom stereocenters. The Labute approximate surface area is 122 Å². The van der Waals surface area contributed by atoms with Crippen LogP contribution in [0.4, 0.5) is 0 Å². The summed E-state index contributed by atoms with van der Waals surface area (Å²) in [6, 6.07) is 3.56. The number of hydrogen-bond acceptors (Lipinski definition) is 5. The van der Waals surface area contributed by atoms with Crippen LogP contribution in [0.5, 0.6) is 0 Å². The molecule has 1 aliphatic rings. The highest BCUT2D eigenvalue weighted by molar-refractivity contribution is 7.14. The Kier molecular flexibility index (Phi) is 6.02. The lowest BCUT2D eigenvalue weighted by Gasteiger charge is -2.26. The molecule has 0 bridgehead atoms. The highest BCUT2D eigenvalue weighted by Gasteiger charge is 2.11. The summed E-state index contributed by atoms with van der Waals surface area (Å²) in [5.41, 5.74) is 0. The van der Waals surface area contributed by atoms with Crippen molar-refractivity contribution in [1.29, 1.82) is 0 Å². The van der Waals surface area contributed by atoms with E-state index < -0.39 is 0 Å². The maximum atomic E-state index is 11.9. The smallest absolute Gasteiger partial charge is 0.261 e. The average molecular weight is 294 g/mol. The van der Waals surface area contributed by atoms with Crippen molar-refractivity contribution >= 4 is 17.2 Å². The van der Waals surface area contributed by atoms with E-state index in [1.807, 2.05) is 0 Å². The Morgan fingerprint density at radius 1 is 1.45 bits per heavy atom. The summed E-state index contributed by atoms with van der Waals surface area (Å²) in [7, 11) is 0. The van der Waals surface area contributed by atoms with Crippen molar-refractivity contribution in [3.8, 4) is 11.8 Å². The molecule has 1 aromatic heterocycles. The van der Waals surface area contributed by atoms with E-state index in [1.165, 1.54) is 11.3 Å². The van der Waals surface area contributed by atoms with Gasteiger partial charge in [-0.05, 0) is 12.1 Å². The molecule has 1 aromatic rings. The molecule has 0 unspecified atom stereocenters. The second-order valence-corrected chi connectivity index (χ2v) is 5.42. The lowest BCUT2D eigenvalue weighted by molar-refractivity contribution is 0.0383. The van der Waals surface area contributed by atoms with Crippen molar-refractivity contribution < 1.29 is 14.6 Å². The van der Waals surface area contributed by atoms with Crippen LogP contribution in [0, 0.1) is 11.8 Å². The zero-order valence-electron chi connectivity index (χ0n) is 11.2. The van der Waals surface area contributed by atoms with Gasteiger partial charge in [0, 0.05) is 26.2 Å². The minimum atomic E-state index is -0.168. The van der Waals surface area contributed by atoms with Crippen LogP contribution in [0.3, 0.4) is 0 Å². The normalized spacial score (nSPS) is 15.4. The van der Waals surface area contributed by atoms with Gasteiger partial charge in [0.1, 0.15) is 6.61 Å². The first-order valence-corrected chi connectivity index (χ1v) is 7.39. The van der Waals surface area contributed by atoms with Gasteiger partial charge in [-0.1, -0.05) is 11.8 Å². The number of rotatable bonds is 4. The Bertz CT molecular complexity index is 498. The summed E-state index contributed by atoms with van der Waals surface area (Å²) in [5.74, 6) is 5.29. The van der Waals surface area contributed by atoms with Gasteiger partial charge < -0.3 is 15.2 Å². The minimum absolute atomic E-state index is 0.0692. The lowest BCUT2D eigenvalue weighted by Crippen LogP contribution is -2.41. The van der Waals surface area contributed by atoms with Gasteiger partial charge in [-0.2, -0.15) is 0 Å². The minimum Gasteiger partial charge on any atom is -0.384 e. The van der Waals surface area contributed by atoms with Gasteiger partial charge in [-0.25, -0.2) is 0 Å². The molecule has 108 valence electrons. The summed E-state index contributed by atoms with van der Waals surface area (Å²) in [6.07, 6.45) is 0. The number of ether oxygens (including phenoxy) is 1. The predicted octanol–water partition coefficient (Wildman–Crippen LogP) is 0.154. The zero-order valence-corrected chi connectivity index (χ0v) is 12.0. The molecule has 5 nitrogen and oxygen atoms in total. The van der Waals surface area contributed by atoms with E-state index in [2.05, 4.69) is 22.1 Å². The average Bonchev–Trinajstić information content (AvgIpc) is 2.95. The number of amides is 1. The number of thiophene rings is 1. The Morgan fingerprint density at radius 2 is 2.25 bits per heavy atom. The van der Waals surface area contributed by atoms with Crippen molar-refractivity contribution in [2.24, 2.45) is 0 Å². The molecule has 6 heteroatoms. The molecule has 1 saturated heterocycles. The molecule has 0 saturated carbocycles. The maximum absolute atomic E-state index is 11.9. The Morgan fingerprint density at radius 3 is 3.00 bits per heavy atom. The van der Waals surface area contributed by atoms with E-state index in [9.17, 15) is 4.79 Å². The summed E-state index contributed by atoms with van der Waals surface area (Å²) < 4.78 is 5.27. The second kappa shape index (κ2) is 8.02. The van der Waals surface area contributed by atoms with E-state index in [0.717, 1.165) is 37.7 Å². The molecule has 0 aromatic carbocycles. The van der Waals surface area contributed by atoms with E-state index in [4.69, 9.17) is 9.84 Å². The summed E-state index contributed by atoms with van der Waals surface area (Å²) in [5, 5.41) is 11.5. The molecule has 1 fully saturated rings. The van der Waals surface area contributed by atoms with Crippen molar-refractivity contribution in [1.82, 2.24) is 10.2 Å². The van der Waals surface area contributed by atoms with Crippen LogP contribution in [0.2, 0.25) is 0 Å². The molecule has 1 amide bonds. The van der Waals surface area contributed by atoms with Gasteiger partial charge in [0.25, 0.3) is 5.91 Å². The third kappa shape index (κ3) is 4.62. The van der Waals surface area contributed by atoms with Crippen molar-refractivity contribution in [2.75, 3.05) is 46.0 Å². The van der Waals surface area contributed by atoms with Gasteiger partial charge in [-0.3, -0.25) is 9.69 Å². The van der Waals surface area contributed by atoms with E-state index in [1.54, 1.807) is 12.1 Å². The number of nitrogens with zero attached hydrogens (tertiary/aromatic N) is 1. The molecule has 0 radical (unpaired) electrons. The largest absolute Gasteiger partial charge is 0.384 e. The van der Waals surface area contributed by atoms with E-state index >= 15 is 0 Å². The molecule has 0 spiro atoms. The van der Waals surface area contributed by atoms with Gasteiger partial charge in [0.15, 0.2) is 0 Å². The Hall–Kier alpha value is -1.39. The predicted molar refractivity (Wildman–Crippen MR) is 77.9 cm³/mol. The van der Waals surface area contributed by atoms with Crippen molar-refractivity contribution in [2.45, 2.75) is 0 Å². The topological polar surface area (TPSA) is 61.8 Å². The molecular formula is C14H18N2O3S. The fourth-order valence-electron chi connectivity index (χ4n) is 1.89. The fourth-order valence-corrected chi connectivity index (χ4v) is 2.69. The van der Waals surface area contributed by atoms with Gasteiger partial charge in [0.2, 0.25) is 0 Å². The number of morpholine rings is 1. The van der Waals surface area contributed by atoms with Crippen LogP contribution in [0.15, 0.2) is 12.1 Å². The van der Waals surface area contributed by atoms with E-state index in [0.29, 0.717) is 11.4 Å². The van der Waals surface area contributed by atoms with Crippen molar-refractivity contribution in [3.63, 3.8) is 0 Å². The van der Waals surface area contributed by atoms with Crippen LogP contribution in [-0.4, -0.2) is 61.9 Å². The number of aliphatic hydroxyl groups is 1. The maximum Gasteiger partial charge on any atom is 0.261 e. The van der Waals surface area contributed by atoms with E-state index in [-0.39, 0.29) is 12.5 Å². The molecule has 0 aliphatic carbocycles. The number of nitrogens with one attached hydrogen (secondary N) is 1. The van der Waals surface area contributed by atoms with Crippen LogP contribution in [0.1, 0.15) is 14.5 Å². The van der Waals surface area contributed by atoms with Gasteiger partial charge in [-0.15, -0.1) is 11.3 Å². The lowest BCUT2D eigenvalue weighted by atomic mass is 10.4. The van der Waals surface area contributed by atoms with Gasteiger partial charge in [0.05, 0.1) is 23.0 Å². The van der Waals surface area contributed by atoms with Crippen molar-refractivity contribution in [3.05, 3.63) is 21.9 Å². The zero-order chi connectivity index (χ0) is 14.2. The SMILES string of the molecule is O=C(NCCN1CCOCC1)c1ccc(C#CCO)s1. The highest BCUT2D eigenvalue weighted by Crippen LogP contribution is 2.15. The Balaban J connectivity index is 1.75. The highest BCUT2D eigenvalue weighted by atomic mass is 32.1. The molecule has 1 aliphatic heterocycles. The number of hydrogen-bond donors (Lipinski definition) is 2. The van der Waals surface area contributed by atoms with Crippen LogP contribution in [-0.2, 0) is 4.74 Å². The summed E-state index contributed by atoms with van der Waals surface area (Å²) in [4.78, 5) is 15.6. The number of carbonyl (C=O) groups is 1. The standard InChI is InChI=1S/C14H18N2O3S/c17-9-1-2-12-3-4-13(20-12)14(18)15-5-6-16-7-10-19-11-8-16/h3-4,17H,5-11H2,(H,15,18). The van der Waals surface area contributed by atoms with Crippen LogP contribution in [0.25, 0.3) is 0 Å².